The molecule has 0 saturated heterocycles. The molecule has 0 spiro atoms. The second-order valence-electron chi connectivity index (χ2n) is 3.39. The van der Waals surface area contributed by atoms with E-state index in [1.54, 1.807) is 0 Å². The third kappa shape index (κ3) is 1.47. The molecule has 1 aliphatic rings. The monoisotopic (exact) mass is 216 g/mol. The van der Waals surface area contributed by atoms with Crippen LogP contribution in [0, 0.1) is 0 Å². The van der Waals surface area contributed by atoms with Crippen LogP contribution in [0.1, 0.15) is 5.56 Å². The van der Waals surface area contributed by atoms with Crippen molar-refractivity contribution in [1.29, 1.82) is 0 Å². The van der Waals surface area contributed by atoms with E-state index in [1.165, 1.54) is 11.8 Å². The highest BCUT2D eigenvalue weighted by atomic mass is 32.2. The van der Waals surface area contributed by atoms with E-state index in [0.717, 1.165) is 16.5 Å². The number of anilines is 1. The lowest BCUT2D eigenvalue weighted by Gasteiger charge is -2.15. The Kier molecular flexibility index (Phi) is 1.89. The van der Waals surface area contributed by atoms with E-state index in [0.29, 0.717) is 11.6 Å². The van der Waals surface area contributed by atoms with Crippen molar-refractivity contribution in [2.45, 2.75) is 5.75 Å². The third-order valence-corrected chi connectivity index (χ3v) is 3.20. The van der Waals surface area contributed by atoms with E-state index in [-0.39, 0.29) is 5.24 Å². The summed E-state index contributed by atoms with van der Waals surface area (Å²) < 4.78 is 0. The lowest BCUT2D eigenvalue weighted by atomic mass is 10.1. The van der Waals surface area contributed by atoms with Gasteiger partial charge in [-0.3, -0.25) is 4.79 Å². The van der Waals surface area contributed by atoms with Crippen LogP contribution in [0.25, 0.3) is 10.9 Å². The molecule has 1 aliphatic heterocycles. The number of fused-ring (bicyclic) bond motifs is 2. The summed E-state index contributed by atoms with van der Waals surface area (Å²) >= 11 is 1.28. The molecule has 1 N–H and O–H groups in total. The summed E-state index contributed by atoms with van der Waals surface area (Å²) in [5.41, 5.74) is 2.02. The van der Waals surface area contributed by atoms with Gasteiger partial charge in [0.25, 0.3) is 5.24 Å². The maximum Gasteiger partial charge on any atom is 0.284 e. The Bertz CT molecular complexity index is 553. The van der Waals surface area contributed by atoms with Crippen LogP contribution in [0.3, 0.4) is 0 Å². The fourth-order valence-corrected chi connectivity index (χ4v) is 2.33. The number of aromatic nitrogens is 1. The summed E-state index contributed by atoms with van der Waals surface area (Å²) in [5, 5.41) is 3.86. The number of nitrogens with zero attached hydrogens (tertiary/aromatic N) is 1. The summed E-state index contributed by atoms with van der Waals surface area (Å²) in [6.07, 6.45) is 0. The summed E-state index contributed by atoms with van der Waals surface area (Å²) in [6.45, 7) is 0. The molecule has 0 radical (unpaired) electrons. The van der Waals surface area contributed by atoms with Crippen LogP contribution in [0.4, 0.5) is 10.6 Å². The van der Waals surface area contributed by atoms with Crippen LogP contribution in [0.2, 0.25) is 0 Å². The fraction of sp³-hybridized carbons (Fsp3) is 0.0909. The van der Waals surface area contributed by atoms with Crippen LogP contribution >= 0.6 is 11.8 Å². The Hall–Kier alpha value is -1.55. The smallest absolute Gasteiger partial charge is 0.284 e. The molecule has 0 bridgehead atoms. The highest BCUT2D eigenvalue weighted by Gasteiger charge is 2.16. The van der Waals surface area contributed by atoms with E-state index in [2.05, 4.69) is 16.4 Å². The highest BCUT2D eigenvalue weighted by Crippen LogP contribution is 2.29. The van der Waals surface area contributed by atoms with Crippen molar-refractivity contribution in [3.8, 4) is 0 Å². The number of amides is 1. The molecule has 1 amide bonds. The molecular formula is C11H8N2OS. The minimum atomic E-state index is -0.0229. The van der Waals surface area contributed by atoms with Crippen LogP contribution in [-0.2, 0) is 5.75 Å². The predicted molar refractivity (Wildman–Crippen MR) is 62.1 cm³/mol. The molecule has 0 fully saturated rings. The second kappa shape index (κ2) is 3.24. The summed E-state index contributed by atoms with van der Waals surface area (Å²) in [5.74, 6) is 1.41. The van der Waals surface area contributed by atoms with Crippen molar-refractivity contribution < 1.29 is 4.79 Å². The molecule has 0 saturated carbocycles. The number of hydrogen-bond donors (Lipinski definition) is 1. The maximum atomic E-state index is 11.2. The number of pyridine rings is 1. The van der Waals surface area contributed by atoms with Crippen LogP contribution < -0.4 is 5.32 Å². The first-order valence-electron chi connectivity index (χ1n) is 4.65. The van der Waals surface area contributed by atoms with Crippen molar-refractivity contribution in [1.82, 2.24) is 4.98 Å². The molecule has 0 atom stereocenters. The van der Waals surface area contributed by atoms with Gasteiger partial charge in [-0.25, -0.2) is 4.98 Å². The Labute approximate surface area is 90.9 Å². The first-order chi connectivity index (χ1) is 7.33. The zero-order chi connectivity index (χ0) is 10.3. The zero-order valence-electron chi connectivity index (χ0n) is 7.86. The number of carbonyl (C=O) groups excluding carboxylic acids is 1. The maximum absolute atomic E-state index is 11.2. The van der Waals surface area contributed by atoms with Gasteiger partial charge in [-0.15, -0.1) is 0 Å². The number of benzene rings is 1. The number of rotatable bonds is 0. The van der Waals surface area contributed by atoms with Gasteiger partial charge < -0.3 is 5.32 Å². The SMILES string of the molecule is O=C1Nc2nc3ccccc3cc2CS1. The molecule has 4 heteroatoms. The Balaban J connectivity index is 2.24. The number of para-hydroxylation sites is 1. The largest absolute Gasteiger partial charge is 0.301 e. The lowest BCUT2D eigenvalue weighted by molar-refractivity contribution is 0.269. The van der Waals surface area contributed by atoms with Crippen LogP contribution in [-0.4, -0.2) is 10.2 Å². The minimum Gasteiger partial charge on any atom is -0.301 e. The molecule has 3 rings (SSSR count). The average Bonchev–Trinajstić information content (AvgIpc) is 2.26. The zero-order valence-corrected chi connectivity index (χ0v) is 8.67. The lowest BCUT2D eigenvalue weighted by Crippen LogP contribution is -2.14. The molecule has 2 aromatic rings. The Morgan fingerprint density at radius 3 is 3.13 bits per heavy atom. The Morgan fingerprint density at radius 1 is 1.33 bits per heavy atom. The van der Waals surface area contributed by atoms with Gasteiger partial charge in [-0.2, -0.15) is 0 Å². The van der Waals surface area contributed by atoms with Gasteiger partial charge >= 0.3 is 0 Å². The number of hydrogen-bond acceptors (Lipinski definition) is 3. The molecular weight excluding hydrogens is 208 g/mol. The second-order valence-corrected chi connectivity index (χ2v) is 4.34. The first kappa shape index (κ1) is 8.73. The molecule has 1 aromatic carbocycles. The van der Waals surface area contributed by atoms with Gasteiger partial charge in [0, 0.05) is 16.7 Å². The van der Waals surface area contributed by atoms with Gasteiger partial charge in [-0.05, 0) is 12.1 Å². The van der Waals surface area contributed by atoms with E-state index in [4.69, 9.17) is 0 Å². The molecule has 1 aromatic heterocycles. The summed E-state index contributed by atoms with van der Waals surface area (Å²) in [7, 11) is 0. The third-order valence-electron chi connectivity index (χ3n) is 2.38. The summed E-state index contributed by atoms with van der Waals surface area (Å²) in [4.78, 5) is 15.6. The topological polar surface area (TPSA) is 42.0 Å². The van der Waals surface area contributed by atoms with Crippen molar-refractivity contribution in [3.05, 3.63) is 35.9 Å². The van der Waals surface area contributed by atoms with E-state index in [1.807, 2.05) is 24.3 Å². The van der Waals surface area contributed by atoms with Crippen molar-refractivity contribution in [2.75, 3.05) is 5.32 Å². The molecule has 3 nitrogen and oxygen atoms in total. The van der Waals surface area contributed by atoms with Gasteiger partial charge in [0.15, 0.2) is 0 Å². The van der Waals surface area contributed by atoms with Crippen molar-refractivity contribution in [3.63, 3.8) is 0 Å². The Morgan fingerprint density at radius 2 is 2.20 bits per heavy atom. The van der Waals surface area contributed by atoms with Crippen molar-refractivity contribution >= 4 is 33.7 Å². The number of carbonyl (C=O) groups is 1. The molecule has 74 valence electrons. The molecule has 0 aliphatic carbocycles. The van der Waals surface area contributed by atoms with Crippen LogP contribution in [0.15, 0.2) is 30.3 Å². The van der Waals surface area contributed by atoms with E-state index in [9.17, 15) is 4.79 Å². The number of thioether (sulfide) groups is 1. The average molecular weight is 216 g/mol. The predicted octanol–water partition coefficient (Wildman–Crippen LogP) is 3.01. The van der Waals surface area contributed by atoms with Crippen LogP contribution in [0.5, 0.6) is 0 Å². The molecule has 2 heterocycles. The first-order valence-corrected chi connectivity index (χ1v) is 5.64. The van der Waals surface area contributed by atoms with Gasteiger partial charge in [0.1, 0.15) is 5.82 Å². The number of nitrogens with one attached hydrogen (secondary N) is 1. The molecule has 0 unspecified atom stereocenters. The van der Waals surface area contributed by atoms with Gasteiger partial charge in [0.2, 0.25) is 0 Å². The summed E-state index contributed by atoms with van der Waals surface area (Å²) in [6, 6.07) is 10.0. The van der Waals surface area contributed by atoms with Gasteiger partial charge in [0.05, 0.1) is 5.52 Å². The standard InChI is InChI=1S/C11H8N2OS/c14-11-13-10-8(6-15-11)5-7-3-1-2-4-9(7)12-10/h1-5H,6H2,(H,12,13,14). The highest BCUT2D eigenvalue weighted by molar-refractivity contribution is 8.13. The van der Waals surface area contributed by atoms with Crippen molar-refractivity contribution in [2.24, 2.45) is 0 Å². The quantitative estimate of drug-likeness (QED) is 0.736. The normalized spacial score (nSPS) is 14.8. The fourth-order valence-electron chi connectivity index (χ4n) is 1.65. The minimum absolute atomic E-state index is 0.0229. The van der Waals surface area contributed by atoms with E-state index >= 15 is 0 Å². The van der Waals surface area contributed by atoms with E-state index < -0.39 is 0 Å². The molecule has 15 heavy (non-hydrogen) atoms. The van der Waals surface area contributed by atoms with Gasteiger partial charge in [-0.1, -0.05) is 30.0 Å².